The molecule has 0 unspecified atom stereocenters. The number of H-pyrrole nitrogens is 1. The Kier molecular flexibility index (Phi) is 10.4. The number of ether oxygens (including phenoxy) is 1. The molecule has 0 atom stereocenters. The van der Waals surface area contributed by atoms with Crippen molar-refractivity contribution in [3.8, 4) is 17.0 Å². The highest BCUT2D eigenvalue weighted by molar-refractivity contribution is 5.99. The van der Waals surface area contributed by atoms with E-state index < -0.39 is 0 Å². The normalized spacial score (nSPS) is 16.9. The highest BCUT2D eigenvalue weighted by Gasteiger charge is 2.28. The molecule has 2 aromatic heterocycles. The van der Waals surface area contributed by atoms with Crippen LogP contribution in [-0.2, 0) is 6.54 Å². The van der Waals surface area contributed by atoms with E-state index in [9.17, 15) is 9.59 Å². The summed E-state index contributed by atoms with van der Waals surface area (Å²) < 4.78 is 5.45. The van der Waals surface area contributed by atoms with E-state index >= 15 is 0 Å². The summed E-state index contributed by atoms with van der Waals surface area (Å²) in [6, 6.07) is 10.7. The van der Waals surface area contributed by atoms with Gasteiger partial charge in [-0.05, 0) is 108 Å². The first-order chi connectivity index (χ1) is 20.1. The van der Waals surface area contributed by atoms with E-state index in [2.05, 4.69) is 52.2 Å². The van der Waals surface area contributed by atoms with Crippen LogP contribution in [-0.4, -0.2) is 71.8 Å². The summed E-state index contributed by atoms with van der Waals surface area (Å²) in [5.74, 6) is 0.211. The number of hydrogen-bond donors (Lipinski definition) is 3. The van der Waals surface area contributed by atoms with Crippen LogP contribution in [0.3, 0.4) is 0 Å². The number of benzene rings is 1. The van der Waals surface area contributed by atoms with Gasteiger partial charge >= 0.3 is 0 Å². The second kappa shape index (κ2) is 14.0. The zero-order valence-corrected chi connectivity index (χ0v) is 25.8. The van der Waals surface area contributed by atoms with Crippen LogP contribution in [0.1, 0.15) is 65.3 Å². The van der Waals surface area contributed by atoms with Crippen molar-refractivity contribution in [1.82, 2.24) is 20.2 Å². The number of rotatable bonds is 11. The van der Waals surface area contributed by atoms with Crippen molar-refractivity contribution >= 4 is 11.6 Å². The Morgan fingerprint density at radius 3 is 2.38 bits per heavy atom. The Morgan fingerprint density at radius 2 is 1.79 bits per heavy atom. The molecule has 9 nitrogen and oxygen atoms in total. The largest absolute Gasteiger partial charge is 0.475 e. The summed E-state index contributed by atoms with van der Waals surface area (Å²) in [5.41, 5.74) is 6.29. The van der Waals surface area contributed by atoms with Crippen molar-refractivity contribution in [3.63, 3.8) is 0 Å². The number of aromatic nitrogens is 2. The van der Waals surface area contributed by atoms with Gasteiger partial charge in [0.1, 0.15) is 6.61 Å². The second-order valence-electron chi connectivity index (χ2n) is 11.5. The van der Waals surface area contributed by atoms with Gasteiger partial charge in [-0.1, -0.05) is 0 Å². The summed E-state index contributed by atoms with van der Waals surface area (Å²) in [6.45, 7) is 8.98. The number of aliphatic hydroxyl groups excluding tert-OH is 1. The van der Waals surface area contributed by atoms with Gasteiger partial charge < -0.3 is 29.9 Å². The number of nitrogens with one attached hydrogen (secondary N) is 2. The molecule has 0 spiro atoms. The molecule has 1 aliphatic rings. The maximum Gasteiger partial charge on any atom is 0.253 e. The van der Waals surface area contributed by atoms with Crippen LogP contribution >= 0.6 is 0 Å². The van der Waals surface area contributed by atoms with E-state index in [-0.39, 0.29) is 31.2 Å². The highest BCUT2D eigenvalue weighted by atomic mass is 16.5. The molecular weight excluding hydrogens is 530 g/mol. The zero-order valence-electron chi connectivity index (χ0n) is 25.8. The molecule has 0 radical (unpaired) electrons. The Balaban J connectivity index is 1.70. The fourth-order valence-corrected chi connectivity index (χ4v) is 6.06. The molecule has 1 aliphatic carbocycles. The molecular formula is C33H45N5O4. The van der Waals surface area contributed by atoms with Crippen LogP contribution in [0.25, 0.3) is 11.1 Å². The third-order valence-corrected chi connectivity index (χ3v) is 8.44. The molecule has 4 rings (SSSR count). The molecule has 1 aromatic carbocycles. The number of amides is 1. The van der Waals surface area contributed by atoms with Gasteiger partial charge in [0.05, 0.1) is 6.61 Å². The van der Waals surface area contributed by atoms with Gasteiger partial charge in [0.2, 0.25) is 5.88 Å². The Hall–Kier alpha value is -3.69. The molecule has 0 saturated heterocycles. The van der Waals surface area contributed by atoms with Crippen molar-refractivity contribution < 1.29 is 14.6 Å². The maximum atomic E-state index is 13.7. The van der Waals surface area contributed by atoms with Crippen molar-refractivity contribution in [2.24, 2.45) is 0 Å². The molecule has 2 heterocycles. The number of aromatic amines is 1. The number of carbonyl (C=O) groups excluding carboxylic acids is 1. The van der Waals surface area contributed by atoms with E-state index in [0.29, 0.717) is 29.1 Å². The number of aryl methyl sites for hydroxylation is 2. The molecule has 0 aliphatic heterocycles. The average Bonchev–Trinajstić information content (AvgIpc) is 2.97. The lowest BCUT2D eigenvalue weighted by Gasteiger charge is -2.40. The van der Waals surface area contributed by atoms with Crippen molar-refractivity contribution in [1.29, 1.82) is 0 Å². The van der Waals surface area contributed by atoms with E-state index in [0.717, 1.165) is 65.9 Å². The van der Waals surface area contributed by atoms with Crippen LogP contribution in [0.15, 0.2) is 41.3 Å². The minimum atomic E-state index is -0.224. The number of pyridine rings is 2. The van der Waals surface area contributed by atoms with Crippen LogP contribution in [0, 0.1) is 20.8 Å². The van der Waals surface area contributed by atoms with Crippen molar-refractivity contribution in [3.05, 3.63) is 74.8 Å². The number of carbonyl (C=O) groups is 1. The van der Waals surface area contributed by atoms with Gasteiger partial charge in [-0.2, -0.15) is 0 Å². The molecule has 1 amide bonds. The van der Waals surface area contributed by atoms with Gasteiger partial charge in [0.25, 0.3) is 11.5 Å². The summed E-state index contributed by atoms with van der Waals surface area (Å²) in [7, 11) is 4.31. The van der Waals surface area contributed by atoms with Gasteiger partial charge in [-0.15, -0.1) is 0 Å². The van der Waals surface area contributed by atoms with Crippen molar-refractivity contribution in [2.45, 2.75) is 72.0 Å². The first kappa shape index (κ1) is 31.3. The number of anilines is 1. The fraction of sp³-hybridized carbons (Fsp3) is 0.485. The third-order valence-electron chi connectivity index (χ3n) is 8.44. The monoisotopic (exact) mass is 575 g/mol. The Morgan fingerprint density at radius 1 is 1.07 bits per heavy atom. The topological polar surface area (TPSA) is 111 Å². The standard InChI is InChI=1S/C33H45N5O4/c1-7-38(27-11-9-26(10-12-27)37(5)6)30-18-25(24-8-13-31(34-19-24)42-15-14-39)17-28(23(30)4)32(40)35-20-29-21(2)16-22(3)36-33(29)41/h8,13,16-19,26-27,39H,7,9-12,14-15,20H2,1-6H3,(H,35,40)(H,36,41)/t26-,27-. The summed E-state index contributed by atoms with van der Waals surface area (Å²) in [6.07, 6.45) is 6.20. The Bertz CT molecular complexity index is 1430. The van der Waals surface area contributed by atoms with Crippen LogP contribution in [0.4, 0.5) is 5.69 Å². The number of nitrogens with zero attached hydrogens (tertiary/aromatic N) is 3. The quantitative estimate of drug-likeness (QED) is 0.312. The van der Waals surface area contributed by atoms with Crippen LogP contribution in [0.2, 0.25) is 0 Å². The molecule has 226 valence electrons. The molecule has 1 fully saturated rings. The summed E-state index contributed by atoms with van der Waals surface area (Å²) >= 11 is 0. The lowest BCUT2D eigenvalue weighted by Crippen LogP contribution is -2.42. The maximum absolute atomic E-state index is 13.7. The molecule has 42 heavy (non-hydrogen) atoms. The van der Waals surface area contributed by atoms with Crippen LogP contribution in [0.5, 0.6) is 5.88 Å². The first-order valence-electron chi connectivity index (χ1n) is 14.9. The number of aliphatic hydroxyl groups is 1. The van der Waals surface area contributed by atoms with E-state index in [1.54, 1.807) is 12.3 Å². The minimum absolute atomic E-state index is 0.0828. The SMILES string of the molecule is CCN(c1cc(-c2ccc(OCCO)nc2)cc(C(=O)NCc2c(C)cc(C)[nH]c2=O)c1C)[C@H]1CC[C@H](N(C)C)CC1. The minimum Gasteiger partial charge on any atom is -0.475 e. The first-order valence-corrected chi connectivity index (χ1v) is 14.9. The molecule has 3 aromatic rings. The van der Waals surface area contributed by atoms with E-state index in [4.69, 9.17) is 9.84 Å². The van der Waals surface area contributed by atoms with Gasteiger partial charge in [-0.3, -0.25) is 9.59 Å². The summed E-state index contributed by atoms with van der Waals surface area (Å²) in [4.78, 5) is 38.3. The molecule has 9 heteroatoms. The molecule has 1 saturated carbocycles. The smallest absolute Gasteiger partial charge is 0.253 e. The Labute approximate surface area is 248 Å². The average molecular weight is 576 g/mol. The fourth-order valence-electron chi connectivity index (χ4n) is 6.06. The van der Waals surface area contributed by atoms with Gasteiger partial charge in [-0.25, -0.2) is 4.98 Å². The lowest BCUT2D eigenvalue weighted by atomic mass is 9.88. The third kappa shape index (κ3) is 7.20. The van der Waals surface area contributed by atoms with E-state index in [1.165, 1.54) is 0 Å². The second-order valence-corrected chi connectivity index (χ2v) is 11.5. The van der Waals surface area contributed by atoms with Crippen molar-refractivity contribution in [2.75, 3.05) is 38.8 Å². The van der Waals surface area contributed by atoms with E-state index in [1.807, 2.05) is 39.0 Å². The van der Waals surface area contributed by atoms with Crippen LogP contribution < -0.4 is 20.5 Å². The molecule has 0 bridgehead atoms. The predicted octanol–water partition coefficient (Wildman–Crippen LogP) is 4.36. The number of hydrogen-bond acceptors (Lipinski definition) is 7. The summed E-state index contributed by atoms with van der Waals surface area (Å²) in [5, 5.41) is 12.1. The lowest BCUT2D eigenvalue weighted by molar-refractivity contribution is 0.0950. The highest BCUT2D eigenvalue weighted by Crippen LogP contribution is 2.35. The zero-order chi connectivity index (χ0) is 30.4. The molecule has 3 N–H and O–H groups in total. The predicted molar refractivity (Wildman–Crippen MR) is 167 cm³/mol. The van der Waals surface area contributed by atoms with Gasteiger partial charge in [0, 0.05) is 65.5 Å². The van der Waals surface area contributed by atoms with Gasteiger partial charge in [0.15, 0.2) is 0 Å².